The van der Waals surface area contributed by atoms with Crippen molar-refractivity contribution in [3.05, 3.63) is 50.7 Å². The topological polar surface area (TPSA) is 110 Å². The van der Waals surface area contributed by atoms with Crippen LogP contribution in [-0.2, 0) is 11.3 Å². The molecule has 0 saturated heterocycles. The Hall–Kier alpha value is -3.03. The van der Waals surface area contributed by atoms with Crippen LogP contribution < -0.4 is 26.6 Å². The van der Waals surface area contributed by atoms with Crippen LogP contribution in [0.4, 0.5) is 11.5 Å². The number of H-pyrrole nitrogens is 1. The van der Waals surface area contributed by atoms with E-state index in [4.69, 9.17) is 10.5 Å². The highest BCUT2D eigenvalue weighted by atomic mass is 16.5. The van der Waals surface area contributed by atoms with Crippen molar-refractivity contribution in [2.45, 2.75) is 46.1 Å². The summed E-state index contributed by atoms with van der Waals surface area (Å²) < 4.78 is 6.99. The second-order valence-corrected chi connectivity index (χ2v) is 6.67. The number of nitrogens with zero attached hydrogens (tertiary/aromatic N) is 2. The van der Waals surface area contributed by atoms with Crippen molar-refractivity contribution in [3.8, 4) is 5.75 Å². The van der Waals surface area contributed by atoms with Gasteiger partial charge in [0.05, 0.1) is 6.61 Å². The maximum Gasteiger partial charge on any atom is 0.330 e. The lowest BCUT2D eigenvalue weighted by atomic mass is 10.2. The zero-order chi connectivity index (χ0) is 20.7. The Labute approximate surface area is 163 Å². The number of aryl methyl sites for hydroxylation is 1. The predicted molar refractivity (Wildman–Crippen MR) is 110 cm³/mol. The van der Waals surface area contributed by atoms with Gasteiger partial charge in [-0.3, -0.25) is 19.1 Å². The van der Waals surface area contributed by atoms with Gasteiger partial charge >= 0.3 is 5.69 Å². The van der Waals surface area contributed by atoms with Crippen molar-refractivity contribution in [1.82, 2.24) is 9.55 Å². The minimum Gasteiger partial charge on any atom is -0.493 e. The Morgan fingerprint density at radius 2 is 1.96 bits per heavy atom. The summed E-state index contributed by atoms with van der Waals surface area (Å²) in [6, 6.07) is 7.66. The van der Waals surface area contributed by atoms with Gasteiger partial charge in [-0.1, -0.05) is 31.5 Å². The number of amides is 1. The Bertz CT molecular complexity index is 933. The number of anilines is 2. The molecule has 3 N–H and O–H groups in total. The van der Waals surface area contributed by atoms with E-state index in [1.54, 1.807) is 0 Å². The number of nitrogens with two attached hydrogens (primary N) is 1. The highest BCUT2D eigenvalue weighted by molar-refractivity contribution is 5.94. The fraction of sp³-hybridized carbons (Fsp3) is 0.450. The quantitative estimate of drug-likeness (QED) is 0.639. The smallest absolute Gasteiger partial charge is 0.330 e. The molecule has 0 fully saturated rings. The van der Waals surface area contributed by atoms with Crippen LogP contribution in [0.1, 0.15) is 38.2 Å². The van der Waals surface area contributed by atoms with Gasteiger partial charge in [0.1, 0.15) is 11.6 Å². The number of unbranched alkanes of at least 4 members (excludes halogenated alkanes) is 1. The lowest BCUT2D eigenvalue weighted by molar-refractivity contribution is -0.118. The Morgan fingerprint density at radius 1 is 1.25 bits per heavy atom. The first kappa shape index (κ1) is 21.3. The van der Waals surface area contributed by atoms with Gasteiger partial charge in [-0.25, -0.2) is 4.79 Å². The van der Waals surface area contributed by atoms with Crippen molar-refractivity contribution in [2.75, 3.05) is 24.3 Å². The molecule has 28 heavy (non-hydrogen) atoms. The minimum absolute atomic E-state index is 0.000486. The molecule has 0 radical (unpaired) electrons. The second kappa shape index (κ2) is 9.77. The van der Waals surface area contributed by atoms with Crippen LogP contribution >= 0.6 is 0 Å². The third-order valence-corrected chi connectivity index (χ3v) is 4.55. The van der Waals surface area contributed by atoms with Gasteiger partial charge in [0.25, 0.3) is 5.56 Å². The van der Waals surface area contributed by atoms with Gasteiger partial charge in [-0.2, -0.15) is 0 Å². The molecule has 0 saturated carbocycles. The van der Waals surface area contributed by atoms with Crippen LogP contribution in [0, 0.1) is 6.92 Å². The van der Waals surface area contributed by atoms with Gasteiger partial charge in [0.15, 0.2) is 5.69 Å². The molecule has 8 heteroatoms. The van der Waals surface area contributed by atoms with Crippen LogP contribution in [0.25, 0.3) is 0 Å². The molecule has 2 rings (SSSR count). The lowest BCUT2D eigenvalue weighted by Gasteiger charge is -2.20. The molecular weight excluding hydrogens is 360 g/mol. The number of aromatic nitrogens is 2. The van der Waals surface area contributed by atoms with E-state index in [0.29, 0.717) is 19.6 Å². The molecule has 8 nitrogen and oxygen atoms in total. The number of ether oxygens (including phenoxy) is 1. The summed E-state index contributed by atoms with van der Waals surface area (Å²) in [4.78, 5) is 40.2. The summed E-state index contributed by atoms with van der Waals surface area (Å²) in [6.07, 6.45) is 2.29. The zero-order valence-electron chi connectivity index (χ0n) is 16.7. The van der Waals surface area contributed by atoms with Crippen molar-refractivity contribution in [3.63, 3.8) is 0 Å². The van der Waals surface area contributed by atoms with Gasteiger partial charge in [0.2, 0.25) is 5.91 Å². The monoisotopic (exact) mass is 388 g/mol. The summed E-state index contributed by atoms with van der Waals surface area (Å²) in [5, 5.41) is 0. The summed E-state index contributed by atoms with van der Waals surface area (Å²) in [6.45, 7) is 4.71. The minimum atomic E-state index is -0.665. The Morgan fingerprint density at radius 3 is 2.64 bits per heavy atom. The van der Waals surface area contributed by atoms with Gasteiger partial charge in [-0.15, -0.1) is 0 Å². The molecule has 1 aromatic carbocycles. The van der Waals surface area contributed by atoms with Crippen molar-refractivity contribution < 1.29 is 9.53 Å². The summed E-state index contributed by atoms with van der Waals surface area (Å²) in [5.74, 6) is 0.521. The molecule has 0 aliphatic rings. The van der Waals surface area contributed by atoms with E-state index in [-0.39, 0.29) is 23.8 Å². The molecule has 152 valence electrons. The predicted octanol–water partition coefficient (Wildman–Crippen LogP) is 2.05. The number of carbonyl (C=O) groups is 1. The normalized spacial score (nSPS) is 10.7. The zero-order valence-corrected chi connectivity index (χ0v) is 16.7. The number of carbonyl (C=O) groups excluding carboxylic acids is 1. The van der Waals surface area contributed by atoms with Gasteiger partial charge in [-0.05, 0) is 31.4 Å². The van der Waals surface area contributed by atoms with Crippen LogP contribution in [0.3, 0.4) is 0 Å². The van der Waals surface area contributed by atoms with Crippen molar-refractivity contribution in [1.29, 1.82) is 0 Å². The number of nitrogen functional groups attached to an aromatic ring is 1. The van der Waals surface area contributed by atoms with Crippen molar-refractivity contribution >= 4 is 17.4 Å². The molecule has 2 aromatic rings. The number of aromatic amines is 1. The van der Waals surface area contributed by atoms with Gasteiger partial charge in [0, 0.05) is 20.0 Å². The molecule has 0 atom stereocenters. The number of rotatable bonds is 9. The number of para-hydroxylation sites is 1. The first-order valence-electron chi connectivity index (χ1n) is 9.44. The summed E-state index contributed by atoms with van der Waals surface area (Å²) in [5.41, 5.74) is 5.84. The molecule has 0 aliphatic heterocycles. The number of nitrogens with one attached hydrogen (secondary N) is 1. The average molecular weight is 388 g/mol. The molecule has 1 heterocycles. The number of hydrogen-bond acceptors (Lipinski definition) is 5. The highest BCUT2D eigenvalue weighted by Gasteiger charge is 2.20. The van der Waals surface area contributed by atoms with Gasteiger partial charge < -0.3 is 15.4 Å². The van der Waals surface area contributed by atoms with E-state index < -0.39 is 11.2 Å². The third kappa shape index (κ3) is 5.03. The first-order valence-corrected chi connectivity index (χ1v) is 9.44. The fourth-order valence-electron chi connectivity index (χ4n) is 2.86. The Kier molecular flexibility index (Phi) is 7.43. The highest BCUT2D eigenvalue weighted by Crippen LogP contribution is 2.18. The molecular formula is C20H28N4O4. The largest absolute Gasteiger partial charge is 0.493 e. The van der Waals surface area contributed by atoms with Crippen LogP contribution in [0.15, 0.2) is 33.9 Å². The third-order valence-electron chi connectivity index (χ3n) is 4.55. The average Bonchev–Trinajstić information content (AvgIpc) is 2.65. The molecule has 0 aliphatic carbocycles. The molecule has 0 bridgehead atoms. The first-order chi connectivity index (χ1) is 13.4. The van der Waals surface area contributed by atoms with E-state index in [9.17, 15) is 14.4 Å². The van der Waals surface area contributed by atoms with E-state index in [1.807, 2.05) is 38.1 Å². The summed E-state index contributed by atoms with van der Waals surface area (Å²) in [7, 11) is 1.49. The standard InChI is InChI=1S/C20H28N4O4/c1-4-5-12-24-18(21)17(19(26)22-20(24)27)23(3)16(25)11-8-13-28-15-10-7-6-9-14(15)2/h6-7,9-10H,4-5,8,11-13,21H2,1-3H3,(H,22,26,27). The maximum atomic E-state index is 12.5. The number of hydrogen-bond donors (Lipinski definition) is 2. The van der Waals surface area contributed by atoms with E-state index in [0.717, 1.165) is 24.2 Å². The lowest BCUT2D eigenvalue weighted by Crippen LogP contribution is -2.39. The Balaban J connectivity index is 2.03. The van der Waals surface area contributed by atoms with Crippen LogP contribution in [0.2, 0.25) is 0 Å². The second-order valence-electron chi connectivity index (χ2n) is 6.67. The number of benzene rings is 1. The van der Waals surface area contributed by atoms with E-state index in [1.165, 1.54) is 16.5 Å². The molecule has 1 aromatic heterocycles. The fourth-order valence-corrected chi connectivity index (χ4v) is 2.86. The van der Waals surface area contributed by atoms with E-state index >= 15 is 0 Å². The van der Waals surface area contributed by atoms with E-state index in [2.05, 4.69) is 4.98 Å². The molecule has 0 spiro atoms. The molecule has 1 amide bonds. The van der Waals surface area contributed by atoms with Crippen LogP contribution in [-0.4, -0.2) is 29.1 Å². The SMILES string of the molecule is CCCCn1c(N)c(N(C)C(=O)CCCOc2ccccc2C)c(=O)[nH]c1=O. The molecule has 0 unspecified atom stereocenters. The maximum absolute atomic E-state index is 12.5. The summed E-state index contributed by atoms with van der Waals surface area (Å²) >= 11 is 0. The van der Waals surface area contributed by atoms with Crippen molar-refractivity contribution in [2.24, 2.45) is 0 Å². The van der Waals surface area contributed by atoms with Crippen LogP contribution in [0.5, 0.6) is 5.75 Å².